The fourth-order valence-corrected chi connectivity index (χ4v) is 4.08. The van der Waals surface area contributed by atoms with Gasteiger partial charge >= 0.3 is 0 Å². The Morgan fingerprint density at radius 3 is 2.48 bits per heavy atom. The van der Waals surface area contributed by atoms with E-state index in [2.05, 4.69) is 15.0 Å². The molecule has 4 rings (SSSR count). The van der Waals surface area contributed by atoms with Crippen molar-refractivity contribution < 1.29 is 17.5 Å². The van der Waals surface area contributed by atoms with Crippen LogP contribution in [-0.2, 0) is 16.6 Å². The number of fused-ring (bicyclic) bond motifs is 1. The summed E-state index contributed by atoms with van der Waals surface area (Å²) < 4.78 is 47.8. The van der Waals surface area contributed by atoms with Gasteiger partial charge in [0.25, 0.3) is 10.0 Å². The standard InChI is InChI=1S/C20H15ClFN3O3S/c21-14-8-4-5-9-16(14)28-19-15(22)10-11-17-18(19)24-20(25-29(17,26)27)23-12-13-6-2-1-3-7-13/h1-11H,12H2,(H2,23,24,25). The van der Waals surface area contributed by atoms with Crippen LogP contribution < -0.4 is 14.8 Å². The number of para-hydroxylation sites is 1. The van der Waals surface area contributed by atoms with Gasteiger partial charge in [-0.05, 0) is 29.8 Å². The highest BCUT2D eigenvalue weighted by Crippen LogP contribution is 2.40. The maximum atomic E-state index is 14.6. The Bertz CT molecular complexity index is 1200. The Balaban J connectivity index is 1.73. The number of sulfonamides is 1. The maximum absolute atomic E-state index is 14.6. The van der Waals surface area contributed by atoms with Crippen LogP contribution in [0.2, 0.25) is 5.02 Å². The monoisotopic (exact) mass is 431 g/mol. The lowest BCUT2D eigenvalue weighted by atomic mass is 10.2. The molecule has 0 saturated heterocycles. The summed E-state index contributed by atoms with van der Waals surface area (Å²) in [5.74, 6) is -0.860. The Hall–Kier alpha value is -3.10. The predicted molar refractivity (Wildman–Crippen MR) is 109 cm³/mol. The van der Waals surface area contributed by atoms with Crippen molar-refractivity contribution in [1.29, 1.82) is 0 Å². The lowest BCUT2D eigenvalue weighted by Gasteiger charge is -2.24. The normalized spacial score (nSPS) is 15.9. The molecular weight excluding hydrogens is 417 g/mol. The lowest BCUT2D eigenvalue weighted by molar-refractivity contribution is 0.443. The third-order valence-electron chi connectivity index (χ3n) is 4.15. The number of rotatable bonds is 4. The molecule has 0 aromatic heterocycles. The Labute approximate surface area is 172 Å². The van der Waals surface area contributed by atoms with Gasteiger partial charge in [-0.25, -0.2) is 22.5 Å². The third kappa shape index (κ3) is 4.03. The quantitative estimate of drug-likeness (QED) is 0.636. The van der Waals surface area contributed by atoms with E-state index < -0.39 is 15.8 Å². The molecule has 1 aliphatic rings. The summed E-state index contributed by atoms with van der Waals surface area (Å²) in [7, 11) is -3.96. The fraction of sp³-hybridized carbons (Fsp3) is 0.0500. The van der Waals surface area contributed by atoms with E-state index >= 15 is 0 Å². The van der Waals surface area contributed by atoms with E-state index in [9.17, 15) is 12.8 Å². The summed E-state index contributed by atoms with van der Waals surface area (Å²) in [5.41, 5.74) is 0.842. The van der Waals surface area contributed by atoms with Gasteiger partial charge < -0.3 is 10.1 Å². The minimum absolute atomic E-state index is 0.0315. The molecule has 0 atom stereocenters. The van der Waals surface area contributed by atoms with E-state index in [1.54, 1.807) is 24.3 Å². The molecule has 0 amide bonds. The van der Waals surface area contributed by atoms with Gasteiger partial charge in [-0.15, -0.1) is 0 Å². The zero-order chi connectivity index (χ0) is 20.4. The Kier molecular flexibility index (Phi) is 5.12. The average Bonchev–Trinajstić information content (AvgIpc) is 2.70. The van der Waals surface area contributed by atoms with Gasteiger partial charge in [0.2, 0.25) is 5.96 Å². The number of aliphatic imine (C=N–C) groups is 1. The van der Waals surface area contributed by atoms with Gasteiger partial charge in [-0.3, -0.25) is 0 Å². The summed E-state index contributed by atoms with van der Waals surface area (Å²) in [4.78, 5) is 4.10. The van der Waals surface area contributed by atoms with E-state index in [-0.39, 0.29) is 39.6 Å². The van der Waals surface area contributed by atoms with Crippen molar-refractivity contribution in [1.82, 2.24) is 4.72 Å². The molecule has 6 nitrogen and oxygen atoms in total. The number of hydrogen-bond donors (Lipinski definition) is 2. The molecule has 0 radical (unpaired) electrons. The highest BCUT2D eigenvalue weighted by atomic mass is 35.5. The number of nitrogens with one attached hydrogen (secondary N) is 2. The van der Waals surface area contributed by atoms with E-state index in [0.717, 1.165) is 17.7 Å². The first-order valence-electron chi connectivity index (χ1n) is 8.57. The van der Waals surface area contributed by atoms with Gasteiger partial charge in [-0.2, -0.15) is 0 Å². The average molecular weight is 432 g/mol. The SMILES string of the molecule is O=S1(=O)NC(=NCc2ccccc2)Nc2c1ccc(F)c2Oc1ccccc1Cl. The molecule has 0 spiro atoms. The number of guanidine groups is 1. The minimum atomic E-state index is -3.96. The molecule has 3 aromatic carbocycles. The minimum Gasteiger partial charge on any atom is -0.450 e. The van der Waals surface area contributed by atoms with Crippen LogP contribution in [0.3, 0.4) is 0 Å². The van der Waals surface area contributed by atoms with Gasteiger partial charge in [0.1, 0.15) is 16.3 Å². The zero-order valence-corrected chi connectivity index (χ0v) is 16.5. The molecule has 0 fully saturated rings. The fourth-order valence-electron chi connectivity index (χ4n) is 2.77. The van der Waals surface area contributed by atoms with Crippen molar-refractivity contribution in [2.24, 2.45) is 4.99 Å². The molecule has 0 saturated carbocycles. The first-order valence-corrected chi connectivity index (χ1v) is 10.4. The topological polar surface area (TPSA) is 79.8 Å². The van der Waals surface area contributed by atoms with Crippen molar-refractivity contribution in [3.05, 3.63) is 83.1 Å². The third-order valence-corrected chi connectivity index (χ3v) is 5.84. The highest BCUT2D eigenvalue weighted by Gasteiger charge is 2.31. The molecular formula is C20H15ClFN3O3S. The van der Waals surface area contributed by atoms with Crippen LogP contribution in [0.5, 0.6) is 11.5 Å². The largest absolute Gasteiger partial charge is 0.450 e. The predicted octanol–water partition coefficient (Wildman–Crippen LogP) is 4.53. The van der Waals surface area contributed by atoms with Gasteiger partial charge in [0, 0.05) is 0 Å². The summed E-state index contributed by atoms with van der Waals surface area (Å²) in [6.07, 6.45) is 0. The van der Waals surface area contributed by atoms with E-state index in [4.69, 9.17) is 16.3 Å². The van der Waals surface area contributed by atoms with E-state index in [1.807, 2.05) is 30.3 Å². The highest BCUT2D eigenvalue weighted by molar-refractivity contribution is 7.90. The second-order valence-corrected chi connectivity index (χ2v) is 8.22. The molecule has 1 heterocycles. The summed E-state index contributed by atoms with van der Waals surface area (Å²) in [5, 5.41) is 3.09. The Morgan fingerprint density at radius 1 is 1.00 bits per heavy atom. The number of anilines is 1. The maximum Gasteiger partial charge on any atom is 0.266 e. The van der Waals surface area contributed by atoms with E-state index in [0.29, 0.717) is 0 Å². The van der Waals surface area contributed by atoms with Crippen LogP contribution in [0.4, 0.5) is 10.1 Å². The Morgan fingerprint density at radius 2 is 1.72 bits per heavy atom. The molecule has 9 heteroatoms. The van der Waals surface area contributed by atoms with Crippen molar-refractivity contribution in [3.63, 3.8) is 0 Å². The molecule has 3 aromatic rings. The second-order valence-electron chi connectivity index (χ2n) is 6.16. The van der Waals surface area contributed by atoms with Gasteiger partial charge in [0.15, 0.2) is 11.6 Å². The molecule has 0 aliphatic carbocycles. The molecule has 0 bridgehead atoms. The number of benzene rings is 3. The number of nitrogens with zero attached hydrogens (tertiary/aromatic N) is 1. The number of ether oxygens (including phenoxy) is 1. The molecule has 148 valence electrons. The van der Waals surface area contributed by atoms with Crippen LogP contribution in [0, 0.1) is 5.82 Å². The van der Waals surface area contributed by atoms with Crippen LogP contribution >= 0.6 is 11.6 Å². The van der Waals surface area contributed by atoms with Crippen LogP contribution in [-0.4, -0.2) is 14.4 Å². The second kappa shape index (κ2) is 7.73. The van der Waals surface area contributed by atoms with Crippen LogP contribution in [0.1, 0.15) is 5.56 Å². The smallest absolute Gasteiger partial charge is 0.266 e. The molecule has 2 N–H and O–H groups in total. The summed E-state index contributed by atoms with van der Waals surface area (Å²) in [6, 6.07) is 18.0. The summed E-state index contributed by atoms with van der Waals surface area (Å²) in [6.45, 7) is 0.233. The van der Waals surface area contributed by atoms with Crippen molar-refractivity contribution in [2.75, 3.05) is 5.32 Å². The number of halogens is 2. The van der Waals surface area contributed by atoms with Gasteiger partial charge in [0.05, 0.1) is 11.6 Å². The number of hydrogen-bond acceptors (Lipinski definition) is 4. The molecule has 29 heavy (non-hydrogen) atoms. The van der Waals surface area contributed by atoms with Gasteiger partial charge in [-0.1, -0.05) is 54.1 Å². The lowest BCUT2D eigenvalue weighted by Crippen LogP contribution is -2.41. The first kappa shape index (κ1) is 19.2. The molecule has 1 aliphatic heterocycles. The van der Waals surface area contributed by atoms with Crippen LogP contribution in [0.15, 0.2) is 76.6 Å². The zero-order valence-electron chi connectivity index (χ0n) is 14.9. The summed E-state index contributed by atoms with van der Waals surface area (Å²) >= 11 is 6.09. The van der Waals surface area contributed by atoms with Crippen molar-refractivity contribution in [3.8, 4) is 11.5 Å². The first-order chi connectivity index (χ1) is 13.9. The van der Waals surface area contributed by atoms with Crippen LogP contribution in [0.25, 0.3) is 0 Å². The van der Waals surface area contributed by atoms with Crippen molar-refractivity contribution in [2.45, 2.75) is 11.4 Å². The van der Waals surface area contributed by atoms with E-state index in [1.165, 1.54) is 0 Å². The molecule has 0 unspecified atom stereocenters. The van der Waals surface area contributed by atoms with Crippen molar-refractivity contribution >= 4 is 33.3 Å².